The number of nitrogens with zero attached hydrogens (tertiary/aromatic N) is 4. The molecule has 8 nitrogen and oxygen atoms in total. The van der Waals surface area contributed by atoms with Crippen LogP contribution in [-0.2, 0) is 16.4 Å². The summed E-state index contributed by atoms with van der Waals surface area (Å²) in [6.45, 7) is 1.01. The standard InChI is InChI=1S/C19H20N4O4S/c1-28(25,26)16-6-4-13(5-7-16)11-23-12-15(24)9-17(23)19-21-18(22-27-19)14-3-2-8-20-10-14/h2-8,10,15,17,24H,9,11-12H2,1H3/t15-,17+/m1/s1. The molecule has 1 N–H and O–H groups in total. The first kappa shape index (κ1) is 18.7. The number of β-amino-alcohol motifs (C(OH)–C–C–N with tert-alkyl or cyclic N) is 1. The van der Waals surface area contributed by atoms with Gasteiger partial charge in [-0.15, -0.1) is 0 Å². The first-order valence-corrected chi connectivity index (χ1v) is 10.7. The van der Waals surface area contributed by atoms with Gasteiger partial charge in [-0.05, 0) is 36.2 Å². The Labute approximate surface area is 162 Å². The van der Waals surface area contributed by atoms with Gasteiger partial charge in [0.25, 0.3) is 0 Å². The van der Waals surface area contributed by atoms with Gasteiger partial charge in [0.1, 0.15) is 0 Å². The number of aliphatic hydroxyl groups excluding tert-OH is 1. The molecule has 146 valence electrons. The summed E-state index contributed by atoms with van der Waals surface area (Å²) in [6.07, 6.45) is 4.53. The first-order chi connectivity index (χ1) is 13.4. The Hall–Kier alpha value is -2.62. The zero-order valence-electron chi connectivity index (χ0n) is 15.3. The van der Waals surface area contributed by atoms with Gasteiger partial charge in [-0.25, -0.2) is 8.42 Å². The van der Waals surface area contributed by atoms with Gasteiger partial charge in [-0.3, -0.25) is 9.88 Å². The van der Waals surface area contributed by atoms with Crippen molar-refractivity contribution >= 4 is 9.84 Å². The molecule has 0 spiro atoms. The van der Waals surface area contributed by atoms with Crippen molar-refractivity contribution < 1.29 is 18.0 Å². The van der Waals surface area contributed by atoms with Crippen LogP contribution in [0.1, 0.15) is 23.9 Å². The number of pyridine rings is 1. The average molecular weight is 400 g/mol. The van der Waals surface area contributed by atoms with Crippen LogP contribution in [0.15, 0.2) is 58.2 Å². The number of sulfone groups is 1. The number of hydrogen-bond donors (Lipinski definition) is 1. The lowest BCUT2D eigenvalue weighted by Gasteiger charge is -2.21. The largest absolute Gasteiger partial charge is 0.392 e. The van der Waals surface area contributed by atoms with Crippen molar-refractivity contribution in [3.05, 3.63) is 60.2 Å². The van der Waals surface area contributed by atoms with Gasteiger partial charge < -0.3 is 9.63 Å². The predicted molar refractivity (Wildman–Crippen MR) is 101 cm³/mol. The number of benzene rings is 1. The molecule has 2 atom stereocenters. The van der Waals surface area contributed by atoms with Gasteiger partial charge in [-0.2, -0.15) is 4.98 Å². The van der Waals surface area contributed by atoms with Crippen LogP contribution in [0.5, 0.6) is 0 Å². The molecule has 1 saturated heterocycles. The minimum atomic E-state index is -3.22. The highest BCUT2D eigenvalue weighted by molar-refractivity contribution is 7.90. The van der Waals surface area contributed by atoms with Crippen molar-refractivity contribution in [1.82, 2.24) is 20.0 Å². The molecule has 0 bridgehead atoms. The van der Waals surface area contributed by atoms with E-state index >= 15 is 0 Å². The fourth-order valence-electron chi connectivity index (χ4n) is 3.37. The molecule has 9 heteroatoms. The Balaban J connectivity index is 1.54. The van der Waals surface area contributed by atoms with Gasteiger partial charge in [0.15, 0.2) is 9.84 Å². The zero-order valence-corrected chi connectivity index (χ0v) is 16.1. The van der Waals surface area contributed by atoms with Gasteiger partial charge >= 0.3 is 0 Å². The topological polar surface area (TPSA) is 109 Å². The molecule has 28 heavy (non-hydrogen) atoms. The third kappa shape index (κ3) is 3.96. The maximum absolute atomic E-state index is 11.6. The lowest BCUT2D eigenvalue weighted by molar-refractivity contribution is 0.169. The summed E-state index contributed by atoms with van der Waals surface area (Å²) in [5.41, 5.74) is 1.71. The summed E-state index contributed by atoms with van der Waals surface area (Å²) in [6, 6.07) is 10.2. The Morgan fingerprint density at radius 2 is 2.04 bits per heavy atom. The second kappa shape index (κ2) is 7.42. The summed E-state index contributed by atoms with van der Waals surface area (Å²) in [4.78, 5) is 10.9. The highest BCUT2D eigenvalue weighted by Crippen LogP contribution is 2.33. The minimum absolute atomic E-state index is 0.206. The molecule has 0 radical (unpaired) electrons. The summed E-state index contributed by atoms with van der Waals surface area (Å²) in [7, 11) is -3.22. The smallest absolute Gasteiger partial charge is 0.244 e. The molecule has 1 aliphatic rings. The van der Waals surface area contributed by atoms with Crippen molar-refractivity contribution in [2.45, 2.75) is 30.0 Å². The molecular weight excluding hydrogens is 380 g/mol. The number of likely N-dealkylation sites (tertiary alicyclic amines) is 1. The normalized spacial score (nSPS) is 20.5. The quantitative estimate of drug-likeness (QED) is 0.691. The first-order valence-electron chi connectivity index (χ1n) is 8.85. The minimum Gasteiger partial charge on any atom is -0.392 e. The molecule has 3 heterocycles. The summed E-state index contributed by atoms with van der Waals surface area (Å²) >= 11 is 0. The van der Waals surface area contributed by atoms with Crippen LogP contribution < -0.4 is 0 Å². The molecule has 4 rings (SSSR count). The summed E-state index contributed by atoms with van der Waals surface area (Å²) in [5.74, 6) is 0.908. The zero-order chi connectivity index (χ0) is 19.7. The Morgan fingerprint density at radius 3 is 2.71 bits per heavy atom. The van der Waals surface area contributed by atoms with Crippen LogP contribution >= 0.6 is 0 Å². The van der Waals surface area contributed by atoms with Crippen molar-refractivity contribution in [3.63, 3.8) is 0 Å². The molecule has 2 aromatic heterocycles. The third-order valence-electron chi connectivity index (χ3n) is 4.77. The average Bonchev–Trinajstić information content (AvgIpc) is 3.29. The van der Waals surface area contributed by atoms with Gasteiger partial charge in [-0.1, -0.05) is 17.3 Å². The fraction of sp³-hybridized carbons (Fsp3) is 0.316. The van der Waals surface area contributed by atoms with Crippen LogP contribution in [0.3, 0.4) is 0 Å². The molecule has 1 aromatic carbocycles. The second-order valence-electron chi connectivity index (χ2n) is 6.95. The van der Waals surface area contributed by atoms with E-state index in [0.717, 1.165) is 11.1 Å². The fourth-order valence-corrected chi connectivity index (χ4v) is 4.00. The monoisotopic (exact) mass is 400 g/mol. The lowest BCUT2D eigenvalue weighted by Crippen LogP contribution is -2.24. The van der Waals surface area contributed by atoms with Crippen LogP contribution in [0.4, 0.5) is 0 Å². The van der Waals surface area contributed by atoms with Gasteiger partial charge in [0, 0.05) is 37.3 Å². The van der Waals surface area contributed by atoms with E-state index in [-0.39, 0.29) is 10.9 Å². The summed E-state index contributed by atoms with van der Waals surface area (Å²) in [5, 5.41) is 14.2. The van der Waals surface area contributed by atoms with E-state index in [2.05, 4.69) is 20.0 Å². The van der Waals surface area contributed by atoms with E-state index in [1.165, 1.54) is 6.26 Å². The predicted octanol–water partition coefficient (Wildman–Crippen LogP) is 1.84. The summed E-state index contributed by atoms with van der Waals surface area (Å²) < 4.78 is 28.7. The number of aliphatic hydroxyl groups is 1. The molecular formula is C19H20N4O4S. The molecule has 1 aliphatic heterocycles. The van der Waals surface area contributed by atoms with E-state index in [0.29, 0.717) is 31.2 Å². The van der Waals surface area contributed by atoms with Crippen LogP contribution in [-0.4, -0.2) is 52.5 Å². The lowest BCUT2D eigenvalue weighted by atomic mass is 10.1. The van der Waals surface area contributed by atoms with Crippen molar-refractivity contribution in [2.24, 2.45) is 0 Å². The second-order valence-corrected chi connectivity index (χ2v) is 8.96. The van der Waals surface area contributed by atoms with Gasteiger partial charge in [0.2, 0.25) is 11.7 Å². The SMILES string of the molecule is CS(=O)(=O)c1ccc(CN2C[C@H](O)C[C@H]2c2nc(-c3cccnc3)no2)cc1. The number of hydrogen-bond acceptors (Lipinski definition) is 8. The molecule has 0 amide bonds. The maximum atomic E-state index is 11.6. The molecule has 0 saturated carbocycles. The molecule has 0 unspecified atom stereocenters. The Morgan fingerprint density at radius 1 is 1.25 bits per heavy atom. The van der Waals surface area contributed by atoms with Crippen molar-refractivity contribution in [1.29, 1.82) is 0 Å². The number of rotatable bonds is 5. The van der Waals surface area contributed by atoms with E-state index in [4.69, 9.17) is 4.52 Å². The van der Waals surface area contributed by atoms with Crippen LogP contribution in [0.25, 0.3) is 11.4 Å². The van der Waals surface area contributed by atoms with E-state index in [1.807, 2.05) is 6.07 Å². The highest BCUT2D eigenvalue weighted by Gasteiger charge is 2.36. The van der Waals surface area contributed by atoms with E-state index < -0.39 is 15.9 Å². The Bertz CT molecular complexity index is 1050. The van der Waals surface area contributed by atoms with Crippen molar-refractivity contribution in [3.8, 4) is 11.4 Å². The maximum Gasteiger partial charge on any atom is 0.244 e. The Kier molecular flexibility index (Phi) is 4.96. The molecule has 0 aliphatic carbocycles. The van der Waals surface area contributed by atoms with Crippen molar-refractivity contribution in [2.75, 3.05) is 12.8 Å². The van der Waals surface area contributed by atoms with Crippen LogP contribution in [0, 0.1) is 0 Å². The third-order valence-corrected chi connectivity index (χ3v) is 5.89. The number of aromatic nitrogens is 3. The van der Waals surface area contributed by atoms with E-state index in [9.17, 15) is 13.5 Å². The molecule has 3 aromatic rings. The van der Waals surface area contributed by atoms with Gasteiger partial charge in [0.05, 0.1) is 17.0 Å². The molecule has 1 fully saturated rings. The highest BCUT2D eigenvalue weighted by atomic mass is 32.2. The van der Waals surface area contributed by atoms with E-state index in [1.54, 1.807) is 42.7 Å². The van der Waals surface area contributed by atoms with Crippen LogP contribution in [0.2, 0.25) is 0 Å².